The van der Waals surface area contributed by atoms with E-state index < -0.39 is 4.92 Å². The van der Waals surface area contributed by atoms with Crippen molar-refractivity contribution in [2.45, 2.75) is 13.5 Å². The average molecular weight is 415 g/mol. The summed E-state index contributed by atoms with van der Waals surface area (Å²) in [6, 6.07) is 11.4. The lowest BCUT2D eigenvalue weighted by Gasteiger charge is -2.10. The summed E-state index contributed by atoms with van der Waals surface area (Å²) in [5.41, 5.74) is 1.91. The van der Waals surface area contributed by atoms with Gasteiger partial charge in [-0.3, -0.25) is 10.1 Å². The number of nitrogens with one attached hydrogen (secondary N) is 2. The summed E-state index contributed by atoms with van der Waals surface area (Å²) in [5, 5.41) is 17.4. The van der Waals surface area contributed by atoms with Gasteiger partial charge in [0.1, 0.15) is 12.1 Å². The van der Waals surface area contributed by atoms with Crippen LogP contribution in [-0.4, -0.2) is 19.9 Å². The molecule has 0 radical (unpaired) electrons. The maximum absolute atomic E-state index is 11.6. The summed E-state index contributed by atoms with van der Waals surface area (Å²) in [4.78, 5) is 23.2. The Kier molecular flexibility index (Phi) is 5.37. The van der Waals surface area contributed by atoms with Crippen LogP contribution in [0.1, 0.15) is 11.1 Å². The SMILES string of the molecule is Cc1ccc(CNc2ncnc(Nc3ccc(Br)cn3)c2[N+](=O)[O-])cc1. The Bertz CT molecular complexity index is 916. The maximum Gasteiger partial charge on any atom is 0.353 e. The van der Waals surface area contributed by atoms with Gasteiger partial charge in [-0.05, 0) is 40.5 Å². The number of halogens is 1. The normalized spacial score (nSPS) is 10.4. The summed E-state index contributed by atoms with van der Waals surface area (Å²) in [5.74, 6) is 0.663. The zero-order valence-corrected chi connectivity index (χ0v) is 15.4. The Balaban J connectivity index is 1.84. The summed E-state index contributed by atoms with van der Waals surface area (Å²) in [7, 11) is 0. The Labute approximate surface area is 158 Å². The van der Waals surface area contributed by atoms with Crippen molar-refractivity contribution in [2.24, 2.45) is 0 Å². The maximum atomic E-state index is 11.6. The molecule has 3 aromatic rings. The van der Waals surface area contributed by atoms with Crippen molar-refractivity contribution in [3.05, 3.63) is 74.6 Å². The number of anilines is 3. The molecule has 0 aliphatic heterocycles. The second kappa shape index (κ2) is 7.87. The molecule has 0 amide bonds. The predicted molar refractivity (Wildman–Crippen MR) is 102 cm³/mol. The fourth-order valence-corrected chi connectivity index (χ4v) is 2.47. The Morgan fingerprint density at radius 1 is 1.08 bits per heavy atom. The van der Waals surface area contributed by atoms with E-state index in [0.29, 0.717) is 12.4 Å². The van der Waals surface area contributed by atoms with Gasteiger partial charge in [-0.2, -0.15) is 0 Å². The highest BCUT2D eigenvalue weighted by Gasteiger charge is 2.23. The highest BCUT2D eigenvalue weighted by Crippen LogP contribution is 2.31. The van der Waals surface area contributed by atoms with Crippen molar-refractivity contribution in [3.8, 4) is 0 Å². The average Bonchev–Trinajstić information content (AvgIpc) is 2.63. The fourth-order valence-electron chi connectivity index (χ4n) is 2.24. The number of nitro groups is 1. The van der Waals surface area contributed by atoms with E-state index in [1.165, 1.54) is 6.33 Å². The molecule has 0 aliphatic carbocycles. The van der Waals surface area contributed by atoms with Crippen molar-refractivity contribution < 1.29 is 4.92 Å². The van der Waals surface area contributed by atoms with Gasteiger partial charge in [0, 0.05) is 17.2 Å². The summed E-state index contributed by atoms with van der Waals surface area (Å²) < 4.78 is 0.806. The molecule has 2 N–H and O–H groups in total. The van der Waals surface area contributed by atoms with Gasteiger partial charge in [-0.15, -0.1) is 0 Å². The second-order valence-corrected chi connectivity index (χ2v) is 6.42. The first-order chi connectivity index (χ1) is 12.5. The van der Waals surface area contributed by atoms with Crippen molar-refractivity contribution in [2.75, 3.05) is 10.6 Å². The lowest BCUT2D eigenvalue weighted by atomic mass is 10.1. The molecule has 8 nitrogen and oxygen atoms in total. The smallest absolute Gasteiger partial charge is 0.353 e. The summed E-state index contributed by atoms with van der Waals surface area (Å²) >= 11 is 3.29. The predicted octanol–water partition coefficient (Wildman–Crippen LogP) is 4.21. The lowest BCUT2D eigenvalue weighted by Crippen LogP contribution is -2.08. The van der Waals surface area contributed by atoms with E-state index in [-0.39, 0.29) is 17.3 Å². The van der Waals surface area contributed by atoms with Crippen LogP contribution in [0, 0.1) is 17.0 Å². The molecule has 0 bridgehead atoms. The third kappa shape index (κ3) is 4.31. The van der Waals surface area contributed by atoms with Crippen LogP contribution in [-0.2, 0) is 6.54 Å². The molecule has 0 aliphatic rings. The largest absolute Gasteiger partial charge is 0.360 e. The van der Waals surface area contributed by atoms with E-state index >= 15 is 0 Å². The second-order valence-electron chi connectivity index (χ2n) is 5.50. The monoisotopic (exact) mass is 414 g/mol. The molecule has 132 valence electrons. The third-order valence-electron chi connectivity index (χ3n) is 3.56. The van der Waals surface area contributed by atoms with E-state index in [1.807, 2.05) is 31.2 Å². The first-order valence-electron chi connectivity index (χ1n) is 7.70. The van der Waals surface area contributed by atoms with E-state index in [1.54, 1.807) is 18.3 Å². The van der Waals surface area contributed by atoms with Gasteiger partial charge in [-0.25, -0.2) is 15.0 Å². The quantitative estimate of drug-likeness (QED) is 0.459. The minimum Gasteiger partial charge on any atom is -0.360 e. The third-order valence-corrected chi connectivity index (χ3v) is 4.03. The molecule has 0 atom stereocenters. The van der Waals surface area contributed by atoms with Gasteiger partial charge >= 0.3 is 5.69 Å². The van der Waals surface area contributed by atoms with Crippen molar-refractivity contribution in [1.82, 2.24) is 15.0 Å². The fraction of sp³-hybridized carbons (Fsp3) is 0.118. The summed E-state index contributed by atoms with van der Waals surface area (Å²) in [6.07, 6.45) is 2.86. The Morgan fingerprint density at radius 3 is 2.46 bits per heavy atom. The molecule has 9 heteroatoms. The van der Waals surface area contributed by atoms with E-state index in [0.717, 1.165) is 15.6 Å². The van der Waals surface area contributed by atoms with Crippen LogP contribution in [0.15, 0.2) is 53.4 Å². The van der Waals surface area contributed by atoms with Crippen LogP contribution < -0.4 is 10.6 Å². The molecule has 1 aromatic carbocycles. The van der Waals surface area contributed by atoms with Crippen LogP contribution in [0.3, 0.4) is 0 Å². The number of pyridine rings is 1. The highest BCUT2D eigenvalue weighted by molar-refractivity contribution is 9.10. The molecule has 2 aromatic heterocycles. The van der Waals surface area contributed by atoms with E-state index in [2.05, 4.69) is 41.5 Å². The van der Waals surface area contributed by atoms with Gasteiger partial charge in [0.05, 0.1) is 4.92 Å². The van der Waals surface area contributed by atoms with E-state index in [4.69, 9.17) is 0 Å². The number of aryl methyl sites for hydroxylation is 1. The van der Waals surface area contributed by atoms with Crippen molar-refractivity contribution in [3.63, 3.8) is 0 Å². The molecule has 0 saturated heterocycles. The first kappa shape index (κ1) is 17.7. The van der Waals surface area contributed by atoms with Crippen molar-refractivity contribution >= 4 is 39.1 Å². The summed E-state index contributed by atoms with van der Waals surface area (Å²) in [6.45, 7) is 2.41. The molecule has 0 fully saturated rings. The molecule has 26 heavy (non-hydrogen) atoms. The first-order valence-corrected chi connectivity index (χ1v) is 8.49. The van der Waals surface area contributed by atoms with Gasteiger partial charge in [0.25, 0.3) is 0 Å². The highest BCUT2D eigenvalue weighted by atomic mass is 79.9. The minimum atomic E-state index is -0.515. The standard InChI is InChI=1S/C17H15BrN6O2/c1-11-2-4-12(5-3-11)8-20-16-15(24(25)26)17(22-10-21-16)23-14-7-6-13(18)9-19-14/h2-7,9-10H,8H2,1H3,(H2,19,20,21,22,23). The van der Waals surface area contributed by atoms with Gasteiger partial charge in [0.2, 0.25) is 11.6 Å². The van der Waals surface area contributed by atoms with Crippen molar-refractivity contribution in [1.29, 1.82) is 0 Å². The van der Waals surface area contributed by atoms with Crippen LogP contribution in [0.4, 0.5) is 23.1 Å². The molecule has 0 saturated carbocycles. The van der Waals surface area contributed by atoms with Crippen LogP contribution >= 0.6 is 15.9 Å². The Hall–Kier alpha value is -3.07. The zero-order valence-electron chi connectivity index (χ0n) is 13.8. The molecular weight excluding hydrogens is 400 g/mol. The zero-order chi connectivity index (χ0) is 18.5. The van der Waals surface area contributed by atoms with Gasteiger partial charge in [0.15, 0.2) is 0 Å². The number of benzene rings is 1. The lowest BCUT2D eigenvalue weighted by molar-refractivity contribution is -0.383. The van der Waals surface area contributed by atoms with E-state index in [9.17, 15) is 10.1 Å². The number of aromatic nitrogens is 3. The van der Waals surface area contributed by atoms with Gasteiger partial charge < -0.3 is 10.6 Å². The van der Waals surface area contributed by atoms with Crippen LogP contribution in [0.2, 0.25) is 0 Å². The topological polar surface area (TPSA) is 106 Å². The van der Waals surface area contributed by atoms with Crippen LogP contribution in [0.25, 0.3) is 0 Å². The van der Waals surface area contributed by atoms with Gasteiger partial charge in [-0.1, -0.05) is 29.8 Å². The number of hydrogen-bond donors (Lipinski definition) is 2. The number of nitrogens with zero attached hydrogens (tertiary/aromatic N) is 4. The minimum absolute atomic E-state index is 0.0752. The molecule has 2 heterocycles. The Morgan fingerprint density at radius 2 is 1.81 bits per heavy atom. The molecule has 0 unspecified atom stereocenters. The number of hydrogen-bond acceptors (Lipinski definition) is 7. The molecular formula is C17H15BrN6O2. The molecule has 3 rings (SSSR count). The molecule has 0 spiro atoms. The van der Waals surface area contributed by atoms with Crippen LogP contribution in [0.5, 0.6) is 0 Å². The number of rotatable bonds is 6.